The molecule has 0 aliphatic rings. The van der Waals surface area contributed by atoms with Gasteiger partial charge < -0.3 is 0 Å². The van der Waals surface area contributed by atoms with E-state index in [9.17, 15) is 4.79 Å². The summed E-state index contributed by atoms with van der Waals surface area (Å²) in [5, 5.41) is 0. The van der Waals surface area contributed by atoms with Crippen LogP contribution in [0.1, 0.15) is 52.4 Å². The van der Waals surface area contributed by atoms with Gasteiger partial charge in [-0.15, -0.1) is 0 Å². The molecule has 78 valence electrons. The molecule has 0 aliphatic heterocycles. The molecule has 0 radical (unpaired) electrons. The van der Waals surface area contributed by atoms with Crippen LogP contribution in [0.15, 0.2) is 0 Å². The zero-order valence-electron chi connectivity index (χ0n) is 8.41. The van der Waals surface area contributed by atoms with Crippen molar-refractivity contribution in [3.63, 3.8) is 0 Å². The summed E-state index contributed by atoms with van der Waals surface area (Å²) in [6.45, 7) is 4.23. The molecule has 13 heavy (non-hydrogen) atoms. The van der Waals surface area contributed by atoms with Crippen LogP contribution in [0.3, 0.4) is 0 Å². The van der Waals surface area contributed by atoms with E-state index in [4.69, 9.17) is 0 Å². The molecule has 1 nitrogen and oxygen atoms in total. The van der Waals surface area contributed by atoms with Gasteiger partial charge in [0, 0.05) is 0 Å². The molecule has 0 saturated carbocycles. The van der Waals surface area contributed by atoms with Gasteiger partial charge in [-0.3, -0.25) is 4.79 Å². The fourth-order valence-electron chi connectivity index (χ4n) is 1.25. The van der Waals surface area contributed by atoms with E-state index in [2.05, 4.69) is 38.8 Å². The minimum absolute atomic E-state index is 0.0824. The quantitative estimate of drug-likeness (QED) is 0.386. The van der Waals surface area contributed by atoms with Gasteiger partial charge >= 0.3 is 0 Å². The molecule has 0 aliphatic carbocycles. The fourth-order valence-corrected chi connectivity index (χ4v) is 2.01. The molecule has 0 heterocycles. The average Bonchev–Trinajstić information content (AvgIpc) is 2.12. The Morgan fingerprint density at radius 2 is 1.85 bits per heavy atom. The summed E-state index contributed by atoms with van der Waals surface area (Å²) < 4.78 is -0.236. The Morgan fingerprint density at radius 1 is 1.23 bits per heavy atom. The molecule has 1 atom stereocenters. The van der Waals surface area contributed by atoms with E-state index in [1.54, 1.807) is 0 Å². The highest BCUT2D eigenvalue weighted by Gasteiger charge is 2.30. The zero-order valence-corrected chi connectivity index (χ0v) is 11.6. The molecular formula is C10H18Br2O. The number of hydrogen-bond acceptors (Lipinski definition) is 1. The summed E-state index contributed by atoms with van der Waals surface area (Å²) in [7, 11) is 0. The first kappa shape index (κ1) is 13.6. The molecule has 0 fully saturated rings. The summed E-state index contributed by atoms with van der Waals surface area (Å²) in [4.78, 5) is 11.2. The van der Waals surface area contributed by atoms with E-state index in [1.807, 2.05) is 6.92 Å². The third-order valence-electron chi connectivity index (χ3n) is 2.34. The summed E-state index contributed by atoms with van der Waals surface area (Å²) in [5.74, 6) is 0. The van der Waals surface area contributed by atoms with Crippen LogP contribution >= 0.6 is 31.9 Å². The minimum atomic E-state index is -0.319. The predicted molar refractivity (Wildman–Crippen MR) is 64.6 cm³/mol. The van der Waals surface area contributed by atoms with E-state index in [0.717, 1.165) is 19.3 Å². The van der Waals surface area contributed by atoms with Gasteiger partial charge in [-0.25, -0.2) is 0 Å². The largest absolute Gasteiger partial charge is 0.285 e. The van der Waals surface area contributed by atoms with Crippen molar-refractivity contribution in [2.75, 3.05) is 0 Å². The van der Waals surface area contributed by atoms with Gasteiger partial charge in [0.05, 0.1) is 4.32 Å². The first-order chi connectivity index (χ1) is 6.06. The highest BCUT2D eigenvalue weighted by molar-refractivity contribution is 9.20. The molecule has 0 saturated heterocycles. The second-order valence-electron chi connectivity index (χ2n) is 3.40. The average molecular weight is 314 g/mol. The third kappa shape index (κ3) is 5.16. The van der Waals surface area contributed by atoms with Gasteiger partial charge in [0.2, 0.25) is 4.69 Å². The van der Waals surface area contributed by atoms with Crippen molar-refractivity contribution in [1.29, 1.82) is 0 Å². The Hall–Kier alpha value is 0.630. The van der Waals surface area contributed by atoms with Crippen LogP contribution in [0.5, 0.6) is 0 Å². The molecule has 0 bridgehead atoms. The fraction of sp³-hybridized carbons (Fsp3) is 0.900. The van der Waals surface area contributed by atoms with Gasteiger partial charge in [-0.05, 0) is 28.8 Å². The van der Waals surface area contributed by atoms with Gasteiger partial charge in [0.25, 0.3) is 0 Å². The number of carbonyl (C=O) groups is 1. The van der Waals surface area contributed by atoms with Gasteiger partial charge in [-0.1, -0.05) is 55.5 Å². The Labute approximate surface area is 97.9 Å². The molecule has 0 amide bonds. The molecule has 0 spiro atoms. The maximum absolute atomic E-state index is 11.2. The van der Waals surface area contributed by atoms with Gasteiger partial charge in [0.1, 0.15) is 0 Å². The van der Waals surface area contributed by atoms with Crippen molar-refractivity contribution in [2.24, 2.45) is 0 Å². The predicted octanol–water partition coefficient (Wildman–Crippen LogP) is 4.42. The van der Waals surface area contributed by atoms with Crippen LogP contribution in [0, 0.1) is 0 Å². The molecule has 0 aromatic heterocycles. The number of alkyl halides is 1. The molecular weight excluding hydrogens is 296 g/mol. The van der Waals surface area contributed by atoms with Crippen LogP contribution < -0.4 is 0 Å². The third-order valence-corrected chi connectivity index (χ3v) is 4.95. The number of rotatable bonds is 7. The van der Waals surface area contributed by atoms with Crippen LogP contribution in [-0.4, -0.2) is 9.02 Å². The molecule has 0 N–H and O–H groups in total. The van der Waals surface area contributed by atoms with Gasteiger partial charge in [0.15, 0.2) is 0 Å². The lowest BCUT2D eigenvalue weighted by Gasteiger charge is -2.21. The maximum Gasteiger partial charge on any atom is 0.214 e. The zero-order chi connectivity index (χ0) is 10.3. The Balaban J connectivity index is 3.78. The minimum Gasteiger partial charge on any atom is -0.285 e. The summed E-state index contributed by atoms with van der Waals surface area (Å²) >= 11 is 6.55. The normalized spacial score (nSPS) is 15.4. The second kappa shape index (κ2) is 6.99. The van der Waals surface area contributed by atoms with Crippen LogP contribution in [0.2, 0.25) is 0 Å². The lowest BCUT2D eigenvalue weighted by molar-refractivity contribution is -0.112. The lowest BCUT2D eigenvalue weighted by atomic mass is 9.99. The standard InChI is InChI=1S/C10H18Br2O/c1-3-5-6-7-8-10(12,4-2)9(11)13/h3-8H2,1-2H3. The molecule has 0 aromatic carbocycles. The Morgan fingerprint density at radius 3 is 2.23 bits per heavy atom. The first-order valence-corrected chi connectivity index (χ1v) is 6.54. The highest BCUT2D eigenvalue weighted by atomic mass is 79.9. The lowest BCUT2D eigenvalue weighted by Crippen LogP contribution is -2.26. The Kier molecular flexibility index (Phi) is 7.33. The summed E-state index contributed by atoms with van der Waals surface area (Å²) in [6.07, 6.45) is 6.65. The van der Waals surface area contributed by atoms with E-state index in [-0.39, 0.29) is 9.02 Å². The molecule has 0 aromatic rings. The summed E-state index contributed by atoms with van der Waals surface area (Å²) in [5.41, 5.74) is 0. The first-order valence-electron chi connectivity index (χ1n) is 4.95. The monoisotopic (exact) mass is 312 g/mol. The molecule has 3 heteroatoms. The van der Waals surface area contributed by atoms with E-state index in [0.29, 0.717) is 0 Å². The highest BCUT2D eigenvalue weighted by Crippen LogP contribution is 2.32. The summed E-state index contributed by atoms with van der Waals surface area (Å²) in [6, 6.07) is 0. The second-order valence-corrected chi connectivity index (χ2v) is 5.64. The van der Waals surface area contributed by atoms with Crippen molar-refractivity contribution in [3.8, 4) is 0 Å². The molecule has 1 unspecified atom stereocenters. The van der Waals surface area contributed by atoms with E-state index in [1.165, 1.54) is 19.3 Å². The smallest absolute Gasteiger partial charge is 0.214 e. The number of halogens is 2. The van der Waals surface area contributed by atoms with Crippen LogP contribution in [-0.2, 0) is 4.79 Å². The SMILES string of the molecule is CCCCCCC(Br)(CC)C(=O)Br. The van der Waals surface area contributed by atoms with Gasteiger partial charge in [-0.2, -0.15) is 0 Å². The number of carbonyl (C=O) groups excluding carboxylic acids is 1. The van der Waals surface area contributed by atoms with Crippen molar-refractivity contribution in [3.05, 3.63) is 0 Å². The number of hydrogen-bond donors (Lipinski definition) is 0. The van der Waals surface area contributed by atoms with Crippen molar-refractivity contribution >= 4 is 36.6 Å². The van der Waals surface area contributed by atoms with Crippen LogP contribution in [0.25, 0.3) is 0 Å². The van der Waals surface area contributed by atoms with Crippen molar-refractivity contribution in [2.45, 2.75) is 56.7 Å². The maximum atomic E-state index is 11.2. The Bertz CT molecular complexity index is 159. The number of unbranched alkanes of at least 4 members (excludes halogenated alkanes) is 3. The molecule has 0 rings (SSSR count). The topological polar surface area (TPSA) is 17.1 Å². The van der Waals surface area contributed by atoms with E-state index >= 15 is 0 Å². The van der Waals surface area contributed by atoms with Crippen LogP contribution in [0.4, 0.5) is 0 Å². The van der Waals surface area contributed by atoms with Crippen molar-refractivity contribution < 1.29 is 4.79 Å². The van der Waals surface area contributed by atoms with Crippen molar-refractivity contribution in [1.82, 2.24) is 0 Å². The van der Waals surface area contributed by atoms with E-state index < -0.39 is 0 Å².